The third kappa shape index (κ3) is 3.04. The van der Waals surface area contributed by atoms with Crippen molar-refractivity contribution in [2.75, 3.05) is 30.9 Å². The van der Waals surface area contributed by atoms with Crippen molar-refractivity contribution in [3.05, 3.63) is 29.7 Å². The lowest BCUT2D eigenvalue weighted by Gasteiger charge is -2.13. The second kappa shape index (κ2) is 5.85. The summed E-state index contributed by atoms with van der Waals surface area (Å²) in [5, 5.41) is 3.09. The van der Waals surface area contributed by atoms with E-state index in [1.807, 2.05) is 20.2 Å². The maximum atomic E-state index is 13.5. The first-order valence-corrected chi connectivity index (χ1v) is 6.41. The standard InChI is InChI=1S/C13H19FN6/c1-9-10(2)20(8-17-9)6-5-15-13-16-7-11(14)12(18-13)19(3)4/h7-8H,5-6H2,1-4H3,(H,15,16,18). The topological polar surface area (TPSA) is 58.9 Å². The van der Waals surface area contributed by atoms with Crippen LogP contribution >= 0.6 is 0 Å². The molecule has 1 N–H and O–H groups in total. The molecule has 2 rings (SSSR count). The Balaban J connectivity index is 1.98. The number of aryl methyl sites for hydroxylation is 1. The van der Waals surface area contributed by atoms with Crippen molar-refractivity contribution < 1.29 is 4.39 Å². The van der Waals surface area contributed by atoms with Crippen molar-refractivity contribution in [1.29, 1.82) is 0 Å². The molecule has 0 amide bonds. The Morgan fingerprint density at radius 1 is 1.30 bits per heavy atom. The van der Waals surface area contributed by atoms with Gasteiger partial charge in [-0.1, -0.05) is 0 Å². The molecule has 2 heterocycles. The fourth-order valence-electron chi connectivity index (χ4n) is 1.81. The molecular weight excluding hydrogens is 259 g/mol. The Labute approximate surface area is 117 Å². The van der Waals surface area contributed by atoms with Crippen LogP contribution in [0.25, 0.3) is 0 Å². The molecule has 0 aliphatic carbocycles. The van der Waals surface area contributed by atoms with Gasteiger partial charge in [-0.15, -0.1) is 0 Å². The van der Waals surface area contributed by atoms with Gasteiger partial charge in [0.2, 0.25) is 5.95 Å². The van der Waals surface area contributed by atoms with Crippen LogP contribution in [0.2, 0.25) is 0 Å². The van der Waals surface area contributed by atoms with Crippen LogP contribution in [0.5, 0.6) is 0 Å². The van der Waals surface area contributed by atoms with Crippen molar-refractivity contribution >= 4 is 11.8 Å². The van der Waals surface area contributed by atoms with Crippen molar-refractivity contribution in [3.63, 3.8) is 0 Å². The number of nitrogens with zero attached hydrogens (tertiary/aromatic N) is 5. The SMILES string of the molecule is Cc1ncn(CCNc2ncc(F)c(N(C)C)n2)c1C. The van der Waals surface area contributed by atoms with Gasteiger partial charge in [-0.3, -0.25) is 0 Å². The Morgan fingerprint density at radius 3 is 2.65 bits per heavy atom. The molecule has 0 radical (unpaired) electrons. The number of rotatable bonds is 5. The molecule has 2 aromatic heterocycles. The molecule has 20 heavy (non-hydrogen) atoms. The molecule has 7 heteroatoms. The maximum Gasteiger partial charge on any atom is 0.224 e. The van der Waals surface area contributed by atoms with E-state index in [0.717, 1.165) is 17.9 Å². The van der Waals surface area contributed by atoms with Gasteiger partial charge < -0.3 is 14.8 Å². The van der Waals surface area contributed by atoms with Gasteiger partial charge in [-0.25, -0.2) is 14.4 Å². The van der Waals surface area contributed by atoms with E-state index in [-0.39, 0.29) is 5.82 Å². The summed E-state index contributed by atoms with van der Waals surface area (Å²) in [6.07, 6.45) is 2.99. The number of hydrogen-bond acceptors (Lipinski definition) is 5. The number of hydrogen-bond donors (Lipinski definition) is 1. The minimum Gasteiger partial charge on any atom is -0.360 e. The van der Waals surface area contributed by atoms with Crippen molar-refractivity contribution in [3.8, 4) is 0 Å². The van der Waals surface area contributed by atoms with E-state index in [1.165, 1.54) is 6.20 Å². The summed E-state index contributed by atoms with van der Waals surface area (Å²) in [6, 6.07) is 0. The number of imidazole rings is 1. The average molecular weight is 278 g/mol. The van der Waals surface area contributed by atoms with E-state index < -0.39 is 5.82 Å². The lowest BCUT2D eigenvalue weighted by Crippen LogP contribution is -2.17. The van der Waals surface area contributed by atoms with Crippen LogP contribution in [0.3, 0.4) is 0 Å². The Bertz CT molecular complexity index is 593. The van der Waals surface area contributed by atoms with Crippen molar-refractivity contribution in [2.24, 2.45) is 0 Å². The van der Waals surface area contributed by atoms with Gasteiger partial charge in [0.25, 0.3) is 0 Å². The number of aromatic nitrogens is 4. The first kappa shape index (κ1) is 14.2. The highest BCUT2D eigenvalue weighted by Crippen LogP contribution is 2.14. The van der Waals surface area contributed by atoms with E-state index in [2.05, 4.69) is 24.8 Å². The highest BCUT2D eigenvalue weighted by molar-refractivity contribution is 5.42. The first-order chi connectivity index (χ1) is 9.49. The molecule has 108 valence electrons. The van der Waals surface area contributed by atoms with E-state index >= 15 is 0 Å². The van der Waals surface area contributed by atoms with Gasteiger partial charge in [0.05, 0.1) is 18.2 Å². The Kier molecular flexibility index (Phi) is 4.16. The van der Waals surface area contributed by atoms with Crippen LogP contribution in [-0.4, -0.2) is 40.2 Å². The van der Waals surface area contributed by atoms with E-state index in [9.17, 15) is 4.39 Å². The fourth-order valence-corrected chi connectivity index (χ4v) is 1.81. The zero-order valence-electron chi connectivity index (χ0n) is 12.2. The predicted molar refractivity (Wildman–Crippen MR) is 76.5 cm³/mol. The molecular formula is C13H19FN6. The number of nitrogens with one attached hydrogen (secondary N) is 1. The summed E-state index contributed by atoms with van der Waals surface area (Å²) >= 11 is 0. The van der Waals surface area contributed by atoms with E-state index in [4.69, 9.17) is 0 Å². The van der Waals surface area contributed by atoms with Gasteiger partial charge >= 0.3 is 0 Å². The molecule has 0 unspecified atom stereocenters. The Morgan fingerprint density at radius 2 is 2.05 bits per heavy atom. The van der Waals surface area contributed by atoms with E-state index in [0.29, 0.717) is 12.5 Å². The minimum atomic E-state index is -0.429. The predicted octanol–water partition coefficient (Wildman–Crippen LogP) is 1.61. The molecule has 0 atom stereocenters. The molecule has 0 bridgehead atoms. The van der Waals surface area contributed by atoms with Gasteiger partial charge in [0.1, 0.15) is 0 Å². The van der Waals surface area contributed by atoms with E-state index in [1.54, 1.807) is 19.0 Å². The zero-order valence-corrected chi connectivity index (χ0v) is 12.2. The maximum absolute atomic E-state index is 13.5. The van der Waals surface area contributed by atoms with Gasteiger partial charge in [-0.05, 0) is 13.8 Å². The van der Waals surface area contributed by atoms with Gasteiger partial charge in [0.15, 0.2) is 11.6 Å². The largest absolute Gasteiger partial charge is 0.360 e. The smallest absolute Gasteiger partial charge is 0.224 e. The normalized spacial score (nSPS) is 10.7. The number of halogens is 1. The van der Waals surface area contributed by atoms with Crippen molar-refractivity contribution in [2.45, 2.75) is 20.4 Å². The van der Waals surface area contributed by atoms with Crippen LogP contribution in [0.1, 0.15) is 11.4 Å². The molecule has 0 aromatic carbocycles. The molecule has 0 saturated heterocycles. The molecule has 0 spiro atoms. The Hall–Kier alpha value is -2.18. The fraction of sp³-hybridized carbons (Fsp3) is 0.462. The van der Waals surface area contributed by atoms with Crippen LogP contribution in [0, 0.1) is 19.7 Å². The monoisotopic (exact) mass is 278 g/mol. The molecule has 2 aromatic rings. The molecule has 0 aliphatic heterocycles. The summed E-state index contributed by atoms with van der Waals surface area (Å²) in [6.45, 7) is 5.41. The summed E-state index contributed by atoms with van der Waals surface area (Å²) in [5.74, 6) is 0.267. The summed E-state index contributed by atoms with van der Waals surface area (Å²) in [7, 11) is 3.49. The average Bonchev–Trinajstić information content (AvgIpc) is 2.72. The number of anilines is 2. The second-order valence-corrected chi connectivity index (χ2v) is 4.80. The second-order valence-electron chi connectivity index (χ2n) is 4.80. The summed E-state index contributed by atoms with van der Waals surface area (Å²) in [4.78, 5) is 13.9. The molecule has 0 saturated carbocycles. The lowest BCUT2D eigenvalue weighted by atomic mass is 10.4. The van der Waals surface area contributed by atoms with Crippen LogP contribution in [-0.2, 0) is 6.54 Å². The van der Waals surface area contributed by atoms with Crippen LogP contribution < -0.4 is 10.2 Å². The first-order valence-electron chi connectivity index (χ1n) is 6.41. The minimum absolute atomic E-state index is 0.275. The summed E-state index contributed by atoms with van der Waals surface area (Å²) < 4.78 is 15.5. The van der Waals surface area contributed by atoms with Gasteiger partial charge in [0, 0.05) is 32.9 Å². The van der Waals surface area contributed by atoms with Crippen molar-refractivity contribution in [1.82, 2.24) is 19.5 Å². The quantitative estimate of drug-likeness (QED) is 0.900. The highest BCUT2D eigenvalue weighted by atomic mass is 19.1. The zero-order chi connectivity index (χ0) is 14.7. The molecule has 0 fully saturated rings. The van der Waals surface area contributed by atoms with Gasteiger partial charge in [-0.2, -0.15) is 4.98 Å². The third-order valence-electron chi connectivity index (χ3n) is 3.13. The molecule has 6 nitrogen and oxygen atoms in total. The van der Waals surface area contributed by atoms with Crippen LogP contribution in [0.4, 0.5) is 16.2 Å². The summed E-state index contributed by atoms with van der Waals surface area (Å²) in [5.41, 5.74) is 2.17. The third-order valence-corrected chi connectivity index (χ3v) is 3.13. The highest BCUT2D eigenvalue weighted by Gasteiger charge is 2.08. The lowest BCUT2D eigenvalue weighted by molar-refractivity contribution is 0.611. The van der Waals surface area contributed by atoms with Crippen LogP contribution in [0.15, 0.2) is 12.5 Å². The molecule has 0 aliphatic rings.